The molecule has 9 heteroatoms. The fraction of sp³-hybridized carbons (Fsp3) is 0.400. The summed E-state index contributed by atoms with van der Waals surface area (Å²) in [5.41, 5.74) is 4.36. The topological polar surface area (TPSA) is 112 Å². The highest BCUT2D eigenvalue weighted by atomic mass is 16.5. The van der Waals surface area contributed by atoms with Gasteiger partial charge in [-0.3, -0.25) is 4.79 Å². The van der Waals surface area contributed by atoms with Gasteiger partial charge in [0, 0.05) is 69.3 Å². The van der Waals surface area contributed by atoms with Crippen LogP contribution >= 0.6 is 0 Å². The van der Waals surface area contributed by atoms with Gasteiger partial charge < -0.3 is 24.4 Å². The van der Waals surface area contributed by atoms with E-state index in [4.69, 9.17) is 19.6 Å². The maximum Gasteiger partial charge on any atom is 0.224 e. The number of nitriles is 1. The van der Waals surface area contributed by atoms with Crippen molar-refractivity contribution in [2.45, 2.75) is 31.8 Å². The molecule has 0 aliphatic carbocycles. The average molecular weight is 528 g/mol. The minimum atomic E-state index is -0.135. The molecule has 0 saturated carbocycles. The molecule has 2 fully saturated rings. The van der Waals surface area contributed by atoms with Crippen LogP contribution in [0.15, 0.2) is 54.7 Å². The molecule has 5 rings (SSSR count). The van der Waals surface area contributed by atoms with Crippen LogP contribution in [0.5, 0.6) is 5.75 Å². The van der Waals surface area contributed by atoms with E-state index in [-0.39, 0.29) is 25.0 Å². The van der Waals surface area contributed by atoms with Gasteiger partial charge in [0.1, 0.15) is 23.7 Å². The first-order valence-corrected chi connectivity index (χ1v) is 13.5. The molecule has 3 aromatic rings. The van der Waals surface area contributed by atoms with Gasteiger partial charge in [0.05, 0.1) is 31.1 Å². The molecule has 0 unspecified atom stereocenters. The quantitative estimate of drug-likeness (QED) is 0.475. The Bertz CT molecular complexity index is 1310. The van der Waals surface area contributed by atoms with Crippen molar-refractivity contribution in [3.63, 3.8) is 0 Å². The van der Waals surface area contributed by atoms with Crippen LogP contribution in [0.3, 0.4) is 0 Å². The number of rotatable bonds is 8. The van der Waals surface area contributed by atoms with E-state index in [0.717, 1.165) is 43.1 Å². The molecule has 1 N–H and O–H groups in total. The second kappa shape index (κ2) is 12.7. The van der Waals surface area contributed by atoms with Crippen molar-refractivity contribution in [2.75, 3.05) is 50.9 Å². The molecule has 2 saturated heterocycles. The lowest BCUT2D eigenvalue weighted by molar-refractivity contribution is -0.133. The number of carbonyl (C=O) groups is 1. The highest BCUT2D eigenvalue weighted by molar-refractivity contribution is 5.76. The summed E-state index contributed by atoms with van der Waals surface area (Å²) in [4.78, 5) is 25.3. The third-order valence-corrected chi connectivity index (χ3v) is 7.19. The number of aliphatic hydroxyl groups is 1. The number of aliphatic hydroxyl groups excluding tert-OH is 1. The van der Waals surface area contributed by atoms with Crippen LogP contribution in [0.25, 0.3) is 11.3 Å². The van der Waals surface area contributed by atoms with Crippen LogP contribution in [0.1, 0.15) is 36.2 Å². The predicted octanol–water partition coefficient (Wildman–Crippen LogP) is 3.19. The fourth-order valence-electron chi connectivity index (χ4n) is 5.01. The van der Waals surface area contributed by atoms with E-state index in [1.807, 2.05) is 18.2 Å². The zero-order valence-electron chi connectivity index (χ0n) is 22.0. The van der Waals surface area contributed by atoms with Crippen molar-refractivity contribution in [3.05, 3.63) is 71.7 Å². The lowest BCUT2D eigenvalue weighted by atomic mass is 10.1. The molecule has 2 aromatic carbocycles. The predicted molar refractivity (Wildman–Crippen MR) is 146 cm³/mol. The Balaban J connectivity index is 1.23. The van der Waals surface area contributed by atoms with Crippen LogP contribution in [0, 0.1) is 11.3 Å². The number of piperidine rings is 1. The van der Waals surface area contributed by atoms with E-state index in [2.05, 4.69) is 40.2 Å². The number of ether oxygens (including phenoxy) is 2. The maximum atomic E-state index is 12.0. The molecule has 1 amide bonds. The minimum Gasteiger partial charge on any atom is -0.489 e. The molecule has 0 spiro atoms. The first-order valence-electron chi connectivity index (χ1n) is 13.5. The number of anilines is 1. The van der Waals surface area contributed by atoms with Crippen LogP contribution in [-0.4, -0.2) is 78.0 Å². The number of hydrogen-bond acceptors (Lipinski definition) is 8. The monoisotopic (exact) mass is 527 g/mol. The first-order chi connectivity index (χ1) is 19.1. The lowest BCUT2D eigenvalue weighted by Gasteiger charge is -2.32. The SMILES string of the molecule is N#Cc1cc(-c2ccnc(Cc3ccc(N4CCOCC4)cc3)n2)ccc1OC1CCN(C(=O)CCO)CC1. The van der Waals surface area contributed by atoms with Crippen LogP contribution in [-0.2, 0) is 16.0 Å². The molecule has 2 aliphatic heterocycles. The van der Waals surface area contributed by atoms with Crippen molar-refractivity contribution in [1.29, 1.82) is 5.26 Å². The van der Waals surface area contributed by atoms with Crippen LogP contribution in [0.2, 0.25) is 0 Å². The summed E-state index contributed by atoms with van der Waals surface area (Å²) in [6.45, 7) is 4.37. The van der Waals surface area contributed by atoms with E-state index in [1.165, 1.54) is 5.69 Å². The highest BCUT2D eigenvalue weighted by Crippen LogP contribution is 2.28. The third-order valence-electron chi connectivity index (χ3n) is 7.19. The lowest BCUT2D eigenvalue weighted by Crippen LogP contribution is -2.42. The molecule has 202 valence electrons. The normalized spacial score (nSPS) is 16.1. The summed E-state index contributed by atoms with van der Waals surface area (Å²) in [5.74, 6) is 1.22. The highest BCUT2D eigenvalue weighted by Gasteiger charge is 2.24. The number of morpholine rings is 1. The Kier molecular flexibility index (Phi) is 8.66. The second-order valence-corrected chi connectivity index (χ2v) is 9.80. The summed E-state index contributed by atoms with van der Waals surface area (Å²) in [7, 11) is 0. The Morgan fingerprint density at radius 2 is 1.85 bits per heavy atom. The standard InChI is InChI=1S/C30H33N5O4/c31-21-24-20-23(3-6-28(24)39-26-8-12-35(13-9-26)30(37)10-16-36)27-7-11-32-29(33-27)19-22-1-4-25(5-2-22)34-14-17-38-18-15-34/h1-7,11,20,26,36H,8-10,12-19H2. The Labute approximate surface area is 228 Å². The van der Waals surface area contributed by atoms with Gasteiger partial charge in [-0.1, -0.05) is 12.1 Å². The average Bonchev–Trinajstić information content (AvgIpc) is 2.99. The number of aromatic nitrogens is 2. The summed E-state index contributed by atoms with van der Waals surface area (Å²) in [5, 5.41) is 18.8. The number of carbonyl (C=O) groups excluding carboxylic acids is 1. The van der Waals surface area contributed by atoms with Crippen molar-refractivity contribution in [3.8, 4) is 23.1 Å². The molecule has 39 heavy (non-hydrogen) atoms. The molecule has 0 bridgehead atoms. The Hall–Kier alpha value is -4.00. The van der Waals surface area contributed by atoms with E-state index in [0.29, 0.717) is 49.5 Å². The van der Waals surface area contributed by atoms with Crippen molar-refractivity contribution >= 4 is 11.6 Å². The van der Waals surface area contributed by atoms with Crippen molar-refractivity contribution < 1.29 is 19.4 Å². The summed E-state index contributed by atoms with van der Waals surface area (Å²) in [6, 6.07) is 18.2. The molecular formula is C30H33N5O4. The van der Waals surface area contributed by atoms with E-state index < -0.39 is 0 Å². The van der Waals surface area contributed by atoms with E-state index in [1.54, 1.807) is 17.2 Å². The zero-order chi connectivity index (χ0) is 27.0. The smallest absolute Gasteiger partial charge is 0.224 e. The Morgan fingerprint density at radius 3 is 2.56 bits per heavy atom. The van der Waals surface area contributed by atoms with Crippen LogP contribution < -0.4 is 9.64 Å². The number of nitrogens with zero attached hydrogens (tertiary/aromatic N) is 5. The summed E-state index contributed by atoms with van der Waals surface area (Å²) < 4.78 is 11.6. The van der Waals surface area contributed by atoms with Crippen molar-refractivity contribution in [2.24, 2.45) is 0 Å². The number of amides is 1. The molecule has 9 nitrogen and oxygen atoms in total. The third kappa shape index (κ3) is 6.72. The van der Waals surface area contributed by atoms with E-state index in [9.17, 15) is 10.1 Å². The first kappa shape index (κ1) is 26.6. The van der Waals surface area contributed by atoms with Gasteiger partial charge >= 0.3 is 0 Å². The molecule has 1 aromatic heterocycles. The van der Waals surface area contributed by atoms with Gasteiger partial charge in [0.15, 0.2) is 0 Å². The minimum absolute atomic E-state index is 0.0350. The van der Waals surface area contributed by atoms with Crippen LogP contribution in [0.4, 0.5) is 5.69 Å². The molecule has 0 radical (unpaired) electrons. The zero-order valence-corrected chi connectivity index (χ0v) is 22.0. The van der Waals surface area contributed by atoms with Gasteiger partial charge in [-0.15, -0.1) is 0 Å². The van der Waals surface area contributed by atoms with Gasteiger partial charge in [-0.05, 0) is 42.0 Å². The molecule has 3 heterocycles. The second-order valence-electron chi connectivity index (χ2n) is 9.80. The van der Waals surface area contributed by atoms with Crippen molar-refractivity contribution in [1.82, 2.24) is 14.9 Å². The van der Waals surface area contributed by atoms with Gasteiger partial charge in [-0.2, -0.15) is 5.26 Å². The fourth-order valence-corrected chi connectivity index (χ4v) is 5.01. The summed E-state index contributed by atoms with van der Waals surface area (Å²) in [6.07, 6.45) is 3.82. The molecular weight excluding hydrogens is 494 g/mol. The number of benzene rings is 2. The maximum absolute atomic E-state index is 12.0. The van der Waals surface area contributed by atoms with Gasteiger partial charge in [0.2, 0.25) is 5.91 Å². The van der Waals surface area contributed by atoms with Gasteiger partial charge in [0.25, 0.3) is 0 Å². The van der Waals surface area contributed by atoms with E-state index >= 15 is 0 Å². The largest absolute Gasteiger partial charge is 0.489 e. The summed E-state index contributed by atoms with van der Waals surface area (Å²) >= 11 is 0. The van der Waals surface area contributed by atoms with Gasteiger partial charge in [-0.25, -0.2) is 9.97 Å². The number of hydrogen-bond donors (Lipinski definition) is 1. The number of likely N-dealkylation sites (tertiary alicyclic amines) is 1. The molecule has 0 atom stereocenters. The molecule has 2 aliphatic rings. The Morgan fingerprint density at radius 1 is 1.08 bits per heavy atom.